The van der Waals surface area contributed by atoms with Crippen molar-refractivity contribution in [3.8, 4) is 0 Å². The Morgan fingerprint density at radius 1 is 1.15 bits per heavy atom. The lowest BCUT2D eigenvalue weighted by Crippen LogP contribution is -2.46. The molecule has 0 aromatic carbocycles. The van der Waals surface area contributed by atoms with Gasteiger partial charge in [0.1, 0.15) is 0 Å². The van der Waals surface area contributed by atoms with Crippen molar-refractivity contribution in [2.75, 3.05) is 26.5 Å². The number of ether oxygens (including phenoxy) is 2. The van der Waals surface area contributed by atoms with E-state index in [1.54, 1.807) is 0 Å². The number of piperidine rings is 1. The molecule has 20 heavy (non-hydrogen) atoms. The van der Waals surface area contributed by atoms with Crippen molar-refractivity contribution in [2.24, 2.45) is 0 Å². The number of hydrogen-bond acceptors (Lipinski definition) is 6. The van der Waals surface area contributed by atoms with Crippen LogP contribution in [0.5, 0.6) is 0 Å². The van der Waals surface area contributed by atoms with E-state index in [-0.39, 0.29) is 24.6 Å². The van der Waals surface area contributed by atoms with Crippen LogP contribution < -0.4 is 0 Å². The van der Waals surface area contributed by atoms with Gasteiger partial charge in [-0.1, -0.05) is 6.42 Å². The molecule has 0 N–H and O–H groups in total. The van der Waals surface area contributed by atoms with Crippen LogP contribution in [-0.2, 0) is 29.1 Å². The number of hydrogen-bond donors (Lipinski definition) is 0. The van der Waals surface area contributed by atoms with E-state index in [9.17, 15) is 18.0 Å². The van der Waals surface area contributed by atoms with Gasteiger partial charge in [-0.05, 0) is 12.8 Å². The molecular weight excluding hydrogens is 286 g/mol. The van der Waals surface area contributed by atoms with E-state index in [2.05, 4.69) is 9.47 Å². The quantitative estimate of drug-likeness (QED) is 0.655. The molecule has 116 valence electrons. The predicted octanol–water partition coefficient (Wildman–Crippen LogP) is 0.297. The van der Waals surface area contributed by atoms with Crippen molar-refractivity contribution in [3.63, 3.8) is 0 Å². The molecule has 0 aliphatic carbocycles. The molecular formula is C12H21NO6S. The van der Waals surface area contributed by atoms with Crippen molar-refractivity contribution in [1.82, 2.24) is 4.31 Å². The van der Waals surface area contributed by atoms with Crippen molar-refractivity contribution < 1.29 is 27.5 Å². The molecule has 1 atom stereocenters. The standard InChI is InChI=1S/C12H21NO6S/c1-18-11(14)6-8-20(16,17)13-7-4-3-5-10(13)9-12(15)19-2/h10H,3-9H2,1-2H3. The van der Waals surface area contributed by atoms with Crippen molar-refractivity contribution in [2.45, 2.75) is 38.1 Å². The fourth-order valence-corrected chi connectivity index (χ4v) is 3.95. The molecule has 1 saturated heterocycles. The molecule has 0 radical (unpaired) electrons. The first-order valence-corrected chi connectivity index (χ1v) is 8.14. The van der Waals surface area contributed by atoms with Gasteiger partial charge < -0.3 is 9.47 Å². The average molecular weight is 307 g/mol. The van der Waals surface area contributed by atoms with E-state index in [0.29, 0.717) is 13.0 Å². The van der Waals surface area contributed by atoms with Gasteiger partial charge in [-0.3, -0.25) is 9.59 Å². The van der Waals surface area contributed by atoms with E-state index >= 15 is 0 Å². The van der Waals surface area contributed by atoms with Gasteiger partial charge in [0.15, 0.2) is 0 Å². The second-order valence-corrected chi connectivity index (χ2v) is 6.72. The van der Waals surface area contributed by atoms with Crippen LogP contribution in [0.4, 0.5) is 0 Å². The molecule has 1 aliphatic heterocycles. The molecule has 7 nitrogen and oxygen atoms in total. The summed E-state index contributed by atoms with van der Waals surface area (Å²) in [5.74, 6) is -1.28. The van der Waals surface area contributed by atoms with Gasteiger partial charge in [-0.25, -0.2) is 8.42 Å². The van der Waals surface area contributed by atoms with Gasteiger partial charge in [0.2, 0.25) is 10.0 Å². The van der Waals surface area contributed by atoms with Crippen LogP contribution in [-0.4, -0.2) is 57.2 Å². The van der Waals surface area contributed by atoms with E-state index in [4.69, 9.17) is 0 Å². The Morgan fingerprint density at radius 2 is 1.80 bits per heavy atom. The largest absolute Gasteiger partial charge is 0.469 e. The van der Waals surface area contributed by atoms with Gasteiger partial charge >= 0.3 is 11.9 Å². The smallest absolute Gasteiger partial charge is 0.307 e. The third kappa shape index (κ3) is 4.75. The van der Waals surface area contributed by atoms with Crippen molar-refractivity contribution in [1.29, 1.82) is 0 Å². The minimum atomic E-state index is -3.57. The first-order chi connectivity index (χ1) is 9.40. The van der Waals surface area contributed by atoms with Gasteiger partial charge in [-0.15, -0.1) is 0 Å². The maximum absolute atomic E-state index is 12.3. The average Bonchev–Trinajstić information content (AvgIpc) is 2.45. The summed E-state index contributed by atoms with van der Waals surface area (Å²) in [4.78, 5) is 22.4. The molecule has 1 heterocycles. The number of nitrogens with zero attached hydrogens (tertiary/aromatic N) is 1. The zero-order chi connectivity index (χ0) is 15.2. The van der Waals surface area contributed by atoms with Gasteiger partial charge in [-0.2, -0.15) is 4.31 Å². The Bertz CT molecular complexity index is 447. The third-order valence-corrected chi connectivity index (χ3v) is 5.27. The third-order valence-electron chi connectivity index (χ3n) is 3.35. The van der Waals surface area contributed by atoms with Crippen LogP contribution in [0, 0.1) is 0 Å². The maximum Gasteiger partial charge on any atom is 0.307 e. The molecule has 0 aromatic heterocycles. The summed E-state index contributed by atoms with van der Waals surface area (Å²) < 4.78 is 34.9. The first kappa shape index (κ1) is 16.9. The van der Waals surface area contributed by atoms with E-state index < -0.39 is 22.0 Å². The summed E-state index contributed by atoms with van der Waals surface area (Å²) in [6.45, 7) is 0.380. The normalized spacial score (nSPS) is 20.4. The minimum Gasteiger partial charge on any atom is -0.469 e. The highest BCUT2D eigenvalue weighted by molar-refractivity contribution is 7.89. The summed E-state index contributed by atoms with van der Waals surface area (Å²) in [6.07, 6.45) is 2.14. The summed E-state index contributed by atoms with van der Waals surface area (Å²) in [6, 6.07) is -0.376. The monoisotopic (exact) mass is 307 g/mol. The van der Waals surface area contributed by atoms with Crippen LogP contribution in [0.15, 0.2) is 0 Å². The lowest BCUT2D eigenvalue weighted by Gasteiger charge is -2.34. The lowest BCUT2D eigenvalue weighted by molar-refractivity contribution is -0.142. The molecule has 0 saturated carbocycles. The van der Waals surface area contributed by atoms with Crippen molar-refractivity contribution in [3.05, 3.63) is 0 Å². The van der Waals surface area contributed by atoms with Gasteiger partial charge in [0.05, 0.1) is 32.8 Å². The lowest BCUT2D eigenvalue weighted by atomic mass is 10.0. The molecule has 1 unspecified atom stereocenters. The Hall–Kier alpha value is -1.15. The highest BCUT2D eigenvalue weighted by Crippen LogP contribution is 2.23. The molecule has 0 amide bonds. The second kappa shape index (κ2) is 7.58. The summed E-state index contributed by atoms with van der Waals surface area (Å²) in [5.41, 5.74) is 0. The molecule has 1 aliphatic rings. The van der Waals surface area contributed by atoms with E-state index in [1.165, 1.54) is 18.5 Å². The highest BCUT2D eigenvalue weighted by atomic mass is 32.2. The Labute approximate surface area is 119 Å². The Morgan fingerprint density at radius 3 is 2.40 bits per heavy atom. The SMILES string of the molecule is COC(=O)CCS(=O)(=O)N1CCCCC1CC(=O)OC. The van der Waals surface area contributed by atoms with Gasteiger partial charge in [0, 0.05) is 12.6 Å². The van der Waals surface area contributed by atoms with Crippen LogP contribution in [0.1, 0.15) is 32.1 Å². The highest BCUT2D eigenvalue weighted by Gasteiger charge is 2.33. The molecule has 0 bridgehead atoms. The number of sulfonamides is 1. The molecule has 0 aromatic rings. The zero-order valence-corrected chi connectivity index (χ0v) is 12.6. The zero-order valence-electron chi connectivity index (χ0n) is 11.8. The number of esters is 2. The van der Waals surface area contributed by atoms with E-state index in [0.717, 1.165) is 12.8 Å². The molecule has 1 rings (SSSR count). The van der Waals surface area contributed by atoms with Crippen LogP contribution in [0.2, 0.25) is 0 Å². The van der Waals surface area contributed by atoms with Crippen LogP contribution >= 0.6 is 0 Å². The minimum absolute atomic E-state index is 0.0496. The molecule has 0 spiro atoms. The maximum atomic E-state index is 12.3. The summed E-state index contributed by atoms with van der Waals surface area (Å²) in [7, 11) is -1.07. The number of methoxy groups -OCH3 is 2. The van der Waals surface area contributed by atoms with Gasteiger partial charge in [0.25, 0.3) is 0 Å². The first-order valence-electron chi connectivity index (χ1n) is 6.54. The van der Waals surface area contributed by atoms with Crippen molar-refractivity contribution >= 4 is 22.0 Å². The Kier molecular flexibility index (Phi) is 6.41. The number of carbonyl (C=O) groups excluding carboxylic acids is 2. The Balaban J connectivity index is 2.72. The molecule has 8 heteroatoms. The molecule has 1 fully saturated rings. The van der Waals surface area contributed by atoms with E-state index in [1.807, 2.05) is 0 Å². The predicted molar refractivity (Wildman–Crippen MR) is 71.4 cm³/mol. The second-order valence-electron chi connectivity index (χ2n) is 4.68. The van der Waals surface area contributed by atoms with Crippen LogP contribution in [0.3, 0.4) is 0 Å². The topological polar surface area (TPSA) is 90.0 Å². The fourth-order valence-electron chi connectivity index (χ4n) is 2.25. The summed E-state index contributed by atoms with van der Waals surface area (Å²) in [5, 5.41) is 0. The fraction of sp³-hybridized carbons (Fsp3) is 0.833. The number of rotatable bonds is 6. The van der Waals surface area contributed by atoms with Crippen LogP contribution in [0.25, 0.3) is 0 Å². The number of carbonyl (C=O) groups is 2. The summed E-state index contributed by atoms with van der Waals surface area (Å²) >= 11 is 0.